The highest BCUT2D eigenvalue weighted by Crippen LogP contribution is 2.30. The van der Waals surface area contributed by atoms with E-state index >= 15 is 0 Å². The topological polar surface area (TPSA) is 61.7 Å². The van der Waals surface area contributed by atoms with Crippen LogP contribution in [0.2, 0.25) is 5.02 Å². The first-order valence-corrected chi connectivity index (χ1v) is 11.7. The molecular formula is C22H24ClN5O2S. The Morgan fingerprint density at radius 1 is 1.10 bits per heavy atom. The number of carbonyl (C=O) groups is 2. The van der Waals surface area contributed by atoms with Crippen LogP contribution in [0.1, 0.15) is 25.9 Å². The van der Waals surface area contributed by atoms with E-state index in [0.717, 1.165) is 48.3 Å². The van der Waals surface area contributed by atoms with Crippen LogP contribution >= 0.6 is 22.9 Å². The van der Waals surface area contributed by atoms with Gasteiger partial charge in [0.15, 0.2) is 5.01 Å². The van der Waals surface area contributed by atoms with Gasteiger partial charge in [-0.25, -0.2) is 4.98 Å². The summed E-state index contributed by atoms with van der Waals surface area (Å²) in [5.41, 5.74) is 2.72. The summed E-state index contributed by atoms with van der Waals surface area (Å²) in [6, 6.07) is 6.10. The Balaban J connectivity index is 1.20. The van der Waals surface area contributed by atoms with E-state index in [1.165, 1.54) is 11.3 Å². The number of piperazine rings is 1. The smallest absolute Gasteiger partial charge is 0.282 e. The zero-order valence-corrected chi connectivity index (χ0v) is 19.1. The van der Waals surface area contributed by atoms with E-state index in [0.29, 0.717) is 29.2 Å². The van der Waals surface area contributed by atoms with Crippen LogP contribution in [-0.4, -0.2) is 81.4 Å². The number of thiazole rings is 1. The largest absolute Gasteiger partial charge is 0.339 e. The predicted molar refractivity (Wildman–Crippen MR) is 122 cm³/mol. The molecule has 4 heterocycles. The third-order valence-electron chi connectivity index (χ3n) is 6.50. The molecule has 0 bridgehead atoms. The number of likely N-dealkylation sites (tertiary alicyclic amines) is 1. The Morgan fingerprint density at radius 3 is 2.52 bits per heavy atom. The highest BCUT2D eigenvalue weighted by atomic mass is 35.5. The first-order valence-electron chi connectivity index (χ1n) is 10.4. The standard InChI is InChI=1S/C22H24ClN5O2S/c1-14-17-11-15(23)3-4-18(17)25(2)19(14)21(29)28-12-16(13-28)26-6-8-27(9-7-26)22(30)20-24-5-10-31-20/h3-5,10-11,16H,6-9,12-13H2,1-2H3. The van der Waals surface area contributed by atoms with Crippen molar-refractivity contribution in [2.24, 2.45) is 7.05 Å². The van der Waals surface area contributed by atoms with E-state index in [2.05, 4.69) is 9.88 Å². The van der Waals surface area contributed by atoms with Gasteiger partial charge in [-0.15, -0.1) is 11.3 Å². The number of hydrogen-bond acceptors (Lipinski definition) is 5. The number of hydrogen-bond donors (Lipinski definition) is 0. The number of halogens is 1. The number of nitrogens with zero attached hydrogens (tertiary/aromatic N) is 5. The van der Waals surface area contributed by atoms with Crippen LogP contribution in [0.3, 0.4) is 0 Å². The molecule has 5 rings (SSSR count). The molecule has 0 saturated carbocycles. The maximum atomic E-state index is 13.2. The molecule has 2 amide bonds. The number of rotatable bonds is 3. The van der Waals surface area contributed by atoms with Crippen molar-refractivity contribution in [3.63, 3.8) is 0 Å². The van der Waals surface area contributed by atoms with Crippen LogP contribution in [0.25, 0.3) is 10.9 Å². The minimum Gasteiger partial charge on any atom is -0.339 e. The lowest BCUT2D eigenvalue weighted by Gasteiger charge is -2.48. The van der Waals surface area contributed by atoms with Crippen molar-refractivity contribution in [3.05, 3.63) is 51.1 Å². The highest BCUT2D eigenvalue weighted by Gasteiger charge is 2.38. The molecule has 0 aliphatic carbocycles. The van der Waals surface area contributed by atoms with Crippen molar-refractivity contribution in [2.45, 2.75) is 13.0 Å². The summed E-state index contributed by atoms with van der Waals surface area (Å²) in [4.78, 5) is 36.0. The lowest BCUT2D eigenvalue weighted by atomic mass is 10.0. The number of carbonyl (C=O) groups excluding carboxylic acids is 2. The second-order valence-corrected chi connectivity index (χ2v) is 9.55. The van der Waals surface area contributed by atoms with Crippen LogP contribution in [0.4, 0.5) is 0 Å². The molecule has 2 saturated heterocycles. The van der Waals surface area contributed by atoms with Gasteiger partial charge in [0.25, 0.3) is 11.8 Å². The summed E-state index contributed by atoms with van der Waals surface area (Å²) >= 11 is 7.54. The van der Waals surface area contributed by atoms with Crippen molar-refractivity contribution < 1.29 is 9.59 Å². The van der Waals surface area contributed by atoms with Crippen molar-refractivity contribution in [2.75, 3.05) is 39.3 Å². The lowest BCUT2D eigenvalue weighted by molar-refractivity contribution is 0.00803. The molecule has 7 nitrogen and oxygen atoms in total. The molecule has 0 spiro atoms. The van der Waals surface area contributed by atoms with Gasteiger partial charge in [0, 0.05) is 79.9 Å². The van der Waals surface area contributed by atoms with E-state index in [-0.39, 0.29) is 11.8 Å². The first kappa shape index (κ1) is 20.5. The average molecular weight is 458 g/mol. The van der Waals surface area contributed by atoms with Crippen molar-refractivity contribution in [1.29, 1.82) is 0 Å². The Bertz CT molecular complexity index is 1140. The molecule has 2 aliphatic rings. The molecule has 1 aromatic carbocycles. The molecule has 2 fully saturated rings. The summed E-state index contributed by atoms with van der Waals surface area (Å²) in [6.45, 7) is 6.49. The van der Waals surface area contributed by atoms with Crippen molar-refractivity contribution in [3.8, 4) is 0 Å². The molecule has 2 aromatic heterocycles. The highest BCUT2D eigenvalue weighted by molar-refractivity contribution is 7.11. The fourth-order valence-corrected chi connectivity index (χ4v) is 5.44. The third-order valence-corrected chi connectivity index (χ3v) is 7.50. The maximum Gasteiger partial charge on any atom is 0.282 e. The molecule has 2 aliphatic heterocycles. The van der Waals surface area contributed by atoms with Gasteiger partial charge in [0.05, 0.1) is 0 Å². The van der Waals surface area contributed by atoms with Crippen molar-refractivity contribution >= 4 is 45.7 Å². The van der Waals surface area contributed by atoms with Crippen LogP contribution in [0.15, 0.2) is 29.8 Å². The Morgan fingerprint density at radius 2 is 1.84 bits per heavy atom. The van der Waals surface area contributed by atoms with Crippen LogP contribution in [0, 0.1) is 6.92 Å². The fourth-order valence-electron chi connectivity index (χ4n) is 4.66. The van der Waals surface area contributed by atoms with Gasteiger partial charge >= 0.3 is 0 Å². The number of aryl methyl sites for hydroxylation is 2. The van der Waals surface area contributed by atoms with Gasteiger partial charge in [0.2, 0.25) is 0 Å². The summed E-state index contributed by atoms with van der Waals surface area (Å²) in [6.07, 6.45) is 1.67. The van der Waals surface area contributed by atoms with E-state index in [9.17, 15) is 9.59 Å². The van der Waals surface area contributed by atoms with E-state index in [1.807, 2.05) is 51.9 Å². The second kappa shape index (κ2) is 7.93. The monoisotopic (exact) mass is 457 g/mol. The molecule has 9 heteroatoms. The quantitative estimate of drug-likeness (QED) is 0.606. The van der Waals surface area contributed by atoms with Crippen LogP contribution < -0.4 is 0 Å². The number of aromatic nitrogens is 2. The second-order valence-electron chi connectivity index (χ2n) is 8.22. The van der Waals surface area contributed by atoms with E-state index < -0.39 is 0 Å². The Hall–Kier alpha value is -2.42. The first-order chi connectivity index (χ1) is 14.9. The van der Waals surface area contributed by atoms with Gasteiger partial charge in [-0.1, -0.05) is 11.6 Å². The molecule has 0 atom stereocenters. The van der Waals surface area contributed by atoms with Crippen LogP contribution in [-0.2, 0) is 7.05 Å². The lowest BCUT2D eigenvalue weighted by Crippen LogP contribution is -2.64. The Labute approximate surface area is 189 Å². The van der Waals surface area contributed by atoms with Crippen molar-refractivity contribution in [1.82, 2.24) is 24.3 Å². The van der Waals surface area contributed by atoms with Crippen LogP contribution in [0.5, 0.6) is 0 Å². The molecule has 0 unspecified atom stereocenters. The maximum absolute atomic E-state index is 13.2. The minimum absolute atomic E-state index is 0.0198. The predicted octanol–water partition coefficient (Wildman–Crippen LogP) is 2.88. The molecule has 31 heavy (non-hydrogen) atoms. The average Bonchev–Trinajstić information content (AvgIpc) is 3.34. The summed E-state index contributed by atoms with van der Waals surface area (Å²) in [5.74, 6) is 0.0903. The van der Waals surface area contributed by atoms with Gasteiger partial charge < -0.3 is 14.4 Å². The molecule has 3 aromatic rings. The molecular weight excluding hydrogens is 434 g/mol. The van der Waals surface area contributed by atoms with Gasteiger partial charge in [-0.05, 0) is 30.7 Å². The summed E-state index contributed by atoms with van der Waals surface area (Å²) in [7, 11) is 1.94. The minimum atomic E-state index is 0.0198. The zero-order chi connectivity index (χ0) is 21.7. The van der Waals surface area contributed by atoms with Gasteiger partial charge in [-0.3, -0.25) is 14.5 Å². The third kappa shape index (κ3) is 3.52. The van der Waals surface area contributed by atoms with Gasteiger partial charge in [-0.2, -0.15) is 0 Å². The van der Waals surface area contributed by atoms with E-state index in [4.69, 9.17) is 11.6 Å². The SMILES string of the molecule is Cc1c(C(=O)N2CC(N3CCN(C(=O)c4nccs4)CC3)C2)n(C)c2ccc(Cl)cc12. The molecule has 0 N–H and O–H groups in total. The fraction of sp³-hybridized carbons (Fsp3) is 0.409. The Kier molecular flexibility index (Phi) is 5.24. The number of fused-ring (bicyclic) bond motifs is 1. The zero-order valence-electron chi connectivity index (χ0n) is 17.5. The van der Waals surface area contributed by atoms with E-state index in [1.54, 1.807) is 6.20 Å². The number of benzene rings is 1. The summed E-state index contributed by atoms with van der Waals surface area (Å²) in [5, 5.41) is 4.09. The van der Waals surface area contributed by atoms with Gasteiger partial charge in [0.1, 0.15) is 5.69 Å². The molecule has 0 radical (unpaired) electrons. The number of amides is 2. The molecule has 162 valence electrons. The summed E-state index contributed by atoms with van der Waals surface area (Å²) < 4.78 is 1.97. The normalized spacial score (nSPS) is 17.9.